The van der Waals surface area contributed by atoms with Crippen LogP contribution in [0.4, 0.5) is 0 Å². The number of nitrogens with one attached hydrogen (secondary N) is 1. The minimum atomic E-state index is -4.69. The van der Waals surface area contributed by atoms with Crippen molar-refractivity contribution in [3.63, 3.8) is 0 Å². The average molecular weight is 338 g/mol. The largest absolute Gasteiger partial charge is 0.490 e. The third-order valence-electron chi connectivity index (χ3n) is 3.08. The molecule has 1 fully saturated rings. The number of aromatic nitrogens is 2. The molecule has 3 atom stereocenters. The smallest absolute Gasteiger partial charge is 0.469 e. The Morgan fingerprint density at radius 3 is 2.77 bits per heavy atom. The Labute approximate surface area is 123 Å². The number of hydrogen-bond acceptors (Lipinski definition) is 7. The molecule has 1 aromatic heterocycles. The second-order valence-electron chi connectivity index (χ2n) is 4.58. The van der Waals surface area contributed by atoms with E-state index in [1.165, 1.54) is 7.11 Å². The first kappa shape index (κ1) is 16.9. The van der Waals surface area contributed by atoms with Gasteiger partial charge in [0.25, 0.3) is 5.56 Å². The van der Waals surface area contributed by atoms with Crippen molar-refractivity contribution in [3.05, 3.63) is 27.0 Å². The van der Waals surface area contributed by atoms with Crippen LogP contribution in [-0.4, -0.2) is 50.4 Å². The van der Waals surface area contributed by atoms with E-state index >= 15 is 0 Å². The lowest BCUT2D eigenvalue weighted by Crippen LogP contribution is -2.33. The van der Waals surface area contributed by atoms with Gasteiger partial charge in [-0.15, -0.1) is 0 Å². The summed E-state index contributed by atoms with van der Waals surface area (Å²) < 4.78 is 26.1. The number of aliphatic hydroxyl groups excluding tert-OH is 1. The Bertz CT molecular complexity index is 692. The van der Waals surface area contributed by atoms with Gasteiger partial charge in [0.1, 0.15) is 12.3 Å². The lowest BCUT2D eigenvalue weighted by molar-refractivity contribution is -0.0452. The van der Waals surface area contributed by atoms with Gasteiger partial charge in [-0.1, -0.05) is 0 Å². The van der Waals surface area contributed by atoms with Gasteiger partial charge in [0.05, 0.1) is 26.0 Å². The SMILES string of the molecule is COc1cn([C@H]2C[C@H](O)[C@@H](COP(=O)(O)O)O2)c(=O)[nH]c1=O. The summed E-state index contributed by atoms with van der Waals surface area (Å²) in [7, 11) is -3.44. The molecule has 0 saturated carbocycles. The number of methoxy groups -OCH3 is 1. The highest BCUT2D eigenvalue weighted by Gasteiger charge is 2.37. The average Bonchev–Trinajstić information content (AvgIpc) is 2.77. The number of nitrogens with zero attached hydrogens (tertiary/aromatic N) is 1. The zero-order chi connectivity index (χ0) is 16.5. The lowest BCUT2D eigenvalue weighted by Gasteiger charge is -2.16. The van der Waals surface area contributed by atoms with E-state index in [9.17, 15) is 19.3 Å². The van der Waals surface area contributed by atoms with Crippen LogP contribution >= 0.6 is 7.82 Å². The number of aromatic amines is 1. The van der Waals surface area contributed by atoms with Crippen LogP contribution in [0.5, 0.6) is 5.75 Å². The van der Waals surface area contributed by atoms with Crippen LogP contribution in [0, 0.1) is 0 Å². The molecular formula is C10H15N2O9P. The van der Waals surface area contributed by atoms with E-state index in [2.05, 4.69) is 4.52 Å². The Hall–Kier alpha value is -1.49. The molecule has 0 amide bonds. The number of hydrogen-bond donors (Lipinski definition) is 4. The molecule has 2 rings (SSSR count). The summed E-state index contributed by atoms with van der Waals surface area (Å²) in [5.41, 5.74) is -1.47. The van der Waals surface area contributed by atoms with E-state index in [4.69, 9.17) is 19.3 Å². The van der Waals surface area contributed by atoms with Gasteiger partial charge in [0.2, 0.25) is 5.75 Å². The molecular weight excluding hydrogens is 323 g/mol. The van der Waals surface area contributed by atoms with Gasteiger partial charge in [0.15, 0.2) is 0 Å². The molecule has 124 valence electrons. The van der Waals surface area contributed by atoms with Crippen LogP contribution in [0.1, 0.15) is 12.6 Å². The molecule has 12 heteroatoms. The van der Waals surface area contributed by atoms with Crippen LogP contribution in [-0.2, 0) is 13.8 Å². The minimum Gasteiger partial charge on any atom is -0.490 e. The highest BCUT2D eigenvalue weighted by molar-refractivity contribution is 7.46. The fraction of sp³-hybridized carbons (Fsp3) is 0.600. The molecule has 0 aliphatic carbocycles. The monoisotopic (exact) mass is 338 g/mol. The zero-order valence-electron chi connectivity index (χ0n) is 11.4. The molecule has 1 aliphatic rings. The maximum absolute atomic E-state index is 11.8. The first-order valence-corrected chi connectivity index (χ1v) is 7.67. The van der Waals surface area contributed by atoms with Crippen molar-refractivity contribution in [2.45, 2.75) is 24.9 Å². The quantitative estimate of drug-likeness (QED) is 0.459. The van der Waals surface area contributed by atoms with E-state index in [0.29, 0.717) is 0 Å². The Kier molecular flexibility index (Phi) is 4.85. The van der Waals surface area contributed by atoms with Crippen LogP contribution in [0.25, 0.3) is 0 Å². The zero-order valence-corrected chi connectivity index (χ0v) is 12.3. The van der Waals surface area contributed by atoms with Gasteiger partial charge >= 0.3 is 13.5 Å². The number of phosphoric acid groups is 1. The van der Waals surface area contributed by atoms with Gasteiger partial charge in [-0.3, -0.25) is 18.9 Å². The second kappa shape index (κ2) is 6.32. The van der Waals surface area contributed by atoms with E-state index in [0.717, 1.165) is 10.8 Å². The maximum Gasteiger partial charge on any atom is 0.469 e. The fourth-order valence-electron chi connectivity index (χ4n) is 2.03. The molecule has 1 saturated heterocycles. The summed E-state index contributed by atoms with van der Waals surface area (Å²) in [5.74, 6) is -0.118. The molecule has 1 aliphatic heterocycles. The second-order valence-corrected chi connectivity index (χ2v) is 5.82. The van der Waals surface area contributed by atoms with E-state index in [1.807, 2.05) is 4.98 Å². The van der Waals surface area contributed by atoms with E-state index < -0.39 is 44.1 Å². The molecule has 1 aromatic rings. The third kappa shape index (κ3) is 3.83. The standard InChI is InChI=1S/C10H15N2O9P/c1-19-6-3-12(10(15)11-9(6)14)8-2-5(13)7(21-8)4-20-22(16,17)18/h3,5,7-8,13H,2,4H2,1H3,(H,11,14,15)(H2,16,17,18)/t5-,7+,8+/m0/s1. The molecule has 4 N–H and O–H groups in total. The molecule has 22 heavy (non-hydrogen) atoms. The Morgan fingerprint density at radius 2 is 2.18 bits per heavy atom. The Morgan fingerprint density at radius 1 is 1.50 bits per heavy atom. The van der Waals surface area contributed by atoms with Crippen molar-refractivity contribution in [2.75, 3.05) is 13.7 Å². The summed E-state index contributed by atoms with van der Waals surface area (Å²) >= 11 is 0. The van der Waals surface area contributed by atoms with Crippen LogP contribution in [0.3, 0.4) is 0 Å². The van der Waals surface area contributed by atoms with Gasteiger partial charge in [-0.05, 0) is 0 Å². The molecule has 0 spiro atoms. The van der Waals surface area contributed by atoms with Crippen molar-refractivity contribution in [1.82, 2.24) is 9.55 Å². The predicted molar refractivity (Wildman–Crippen MR) is 70.4 cm³/mol. The number of H-pyrrole nitrogens is 1. The first-order valence-electron chi connectivity index (χ1n) is 6.14. The summed E-state index contributed by atoms with van der Waals surface area (Å²) in [6, 6.07) is 0. The summed E-state index contributed by atoms with van der Waals surface area (Å²) in [4.78, 5) is 42.4. The van der Waals surface area contributed by atoms with Gasteiger partial charge in [-0.25, -0.2) is 9.36 Å². The molecule has 0 aromatic carbocycles. The van der Waals surface area contributed by atoms with E-state index in [-0.39, 0.29) is 12.2 Å². The van der Waals surface area contributed by atoms with Crippen molar-refractivity contribution in [3.8, 4) is 5.75 Å². The summed E-state index contributed by atoms with van der Waals surface area (Å²) in [5, 5.41) is 9.81. The molecule has 0 unspecified atom stereocenters. The van der Waals surface area contributed by atoms with E-state index in [1.54, 1.807) is 0 Å². The number of ether oxygens (including phenoxy) is 2. The van der Waals surface area contributed by atoms with Crippen LogP contribution in [0.15, 0.2) is 15.8 Å². The lowest BCUT2D eigenvalue weighted by atomic mass is 10.2. The molecule has 2 heterocycles. The topological polar surface area (TPSA) is 160 Å². The number of phosphoric ester groups is 1. The van der Waals surface area contributed by atoms with Crippen molar-refractivity contribution in [2.24, 2.45) is 0 Å². The van der Waals surface area contributed by atoms with Crippen LogP contribution in [0.2, 0.25) is 0 Å². The highest BCUT2D eigenvalue weighted by atomic mass is 31.2. The van der Waals surface area contributed by atoms with Crippen LogP contribution < -0.4 is 16.0 Å². The highest BCUT2D eigenvalue weighted by Crippen LogP contribution is 2.38. The maximum atomic E-state index is 11.8. The minimum absolute atomic E-state index is 0.0235. The number of aliphatic hydroxyl groups is 1. The molecule has 0 radical (unpaired) electrons. The Balaban J connectivity index is 2.17. The number of rotatable bonds is 5. The van der Waals surface area contributed by atoms with Gasteiger partial charge < -0.3 is 24.4 Å². The normalized spacial score (nSPS) is 25.4. The van der Waals surface area contributed by atoms with Gasteiger partial charge in [0, 0.05) is 6.42 Å². The predicted octanol–water partition coefficient (Wildman–Crippen LogP) is -1.70. The van der Waals surface area contributed by atoms with Gasteiger partial charge in [-0.2, -0.15) is 0 Å². The van der Waals surface area contributed by atoms with Crippen molar-refractivity contribution < 1.29 is 33.5 Å². The molecule has 0 bridgehead atoms. The first-order chi connectivity index (χ1) is 10.2. The van der Waals surface area contributed by atoms with Crippen molar-refractivity contribution >= 4 is 7.82 Å². The summed E-state index contributed by atoms with van der Waals surface area (Å²) in [6.45, 7) is -0.544. The third-order valence-corrected chi connectivity index (χ3v) is 3.56. The van der Waals surface area contributed by atoms with Crippen molar-refractivity contribution in [1.29, 1.82) is 0 Å². The molecule has 11 nitrogen and oxygen atoms in total. The summed E-state index contributed by atoms with van der Waals surface area (Å²) in [6.07, 6.45) is -1.95. The fourth-order valence-corrected chi connectivity index (χ4v) is 2.37.